The van der Waals surface area contributed by atoms with Crippen molar-refractivity contribution < 1.29 is 4.79 Å². The van der Waals surface area contributed by atoms with Gasteiger partial charge in [0.1, 0.15) is 6.07 Å². The maximum Gasteiger partial charge on any atom is 0.264 e. The van der Waals surface area contributed by atoms with Gasteiger partial charge >= 0.3 is 0 Å². The van der Waals surface area contributed by atoms with Gasteiger partial charge in [-0.3, -0.25) is 14.8 Å². The number of amides is 1. The second-order valence-electron chi connectivity index (χ2n) is 5.34. The van der Waals surface area contributed by atoms with Crippen LogP contribution in [0.2, 0.25) is 0 Å². The maximum atomic E-state index is 12.2. The van der Waals surface area contributed by atoms with Crippen LogP contribution >= 0.6 is 23.1 Å². The van der Waals surface area contributed by atoms with E-state index >= 15 is 0 Å². The van der Waals surface area contributed by atoms with Crippen LogP contribution < -0.4 is 5.32 Å². The second kappa shape index (κ2) is 7.07. The smallest absolute Gasteiger partial charge is 0.264 e. The zero-order valence-electron chi connectivity index (χ0n) is 13.3. The molecule has 1 saturated heterocycles. The first-order valence-corrected chi connectivity index (χ1v) is 9.36. The molecule has 1 N–H and O–H groups in total. The molecular weight excluding hydrogens is 366 g/mol. The molecular formula is C18H11N5OS2. The highest BCUT2D eigenvalue weighted by atomic mass is 32.2. The van der Waals surface area contributed by atoms with Gasteiger partial charge in [-0.05, 0) is 47.5 Å². The van der Waals surface area contributed by atoms with Crippen molar-refractivity contribution in [2.45, 2.75) is 6.54 Å². The molecule has 0 atom stereocenters. The normalized spacial score (nSPS) is 17.0. The summed E-state index contributed by atoms with van der Waals surface area (Å²) < 4.78 is 0. The molecule has 1 aliphatic heterocycles. The van der Waals surface area contributed by atoms with Crippen LogP contribution in [0.3, 0.4) is 0 Å². The van der Waals surface area contributed by atoms with E-state index in [1.54, 1.807) is 35.7 Å². The number of nitrogens with zero attached hydrogens (tertiary/aromatic N) is 4. The number of carbonyl (C=O) groups is 1. The number of hydrogen-bond donors (Lipinski definition) is 1. The summed E-state index contributed by atoms with van der Waals surface area (Å²) in [6.45, 7) is 0.525. The third kappa shape index (κ3) is 3.35. The van der Waals surface area contributed by atoms with Crippen LogP contribution in [0.1, 0.15) is 16.1 Å². The minimum Gasteiger partial charge on any atom is -0.301 e. The van der Waals surface area contributed by atoms with E-state index in [1.807, 2.05) is 23.6 Å². The van der Waals surface area contributed by atoms with E-state index in [2.05, 4.69) is 26.3 Å². The van der Waals surface area contributed by atoms with Crippen molar-refractivity contribution in [3.63, 3.8) is 0 Å². The highest BCUT2D eigenvalue weighted by Gasteiger charge is 2.24. The minimum atomic E-state index is -0.239. The Morgan fingerprint density at radius 1 is 1.31 bits per heavy atom. The molecule has 0 radical (unpaired) electrons. The van der Waals surface area contributed by atoms with Crippen LogP contribution in [0.25, 0.3) is 17.1 Å². The lowest BCUT2D eigenvalue weighted by atomic mass is 10.1. The number of amidine groups is 1. The summed E-state index contributed by atoms with van der Waals surface area (Å²) in [6.07, 6.45) is 3.28. The molecule has 3 aromatic rings. The molecule has 126 valence electrons. The fourth-order valence-electron chi connectivity index (χ4n) is 2.39. The van der Waals surface area contributed by atoms with Crippen molar-refractivity contribution in [2.75, 3.05) is 0 Å². The summed E-state index contributed by atoms with van der Waals surface area (Å²) in [6, 6.07) is 11.4. The van der Waals surface area contributed by atoms with Gasteiger partial charge in [-0.2, -0.15) is 5.26 Å². The fraction of sp³-hybridized carbons (Fsp3) is 0.0556. The zero-order chi connectivity index (χ0) is 17.9. The monoisotopic (exact) mass is 377 g/mol. The fourth-order valence-corrected chi connectivity index (χ4v) is 3.82. The molecule has 0 unspecified atom stereocenters. The summed E-state index contributed by atoms with van der Waals surface area (Å²) in [5.74, 6) is -0.239. The Bertz CT molecular complexity index is 1100. The molecule has 0 saturated carbocycles. The first kappa shape index (κ1) is 16.4. The number of nitriles is 1. The number of rotatable bonds is 3. The quantitative estimate of drug-likeness (QED) is 0.707. The SMILES string of the molecule is N#Cc1cc2ncccc2nc1C=C1SC(=NCc2cccs2)NC1=O. The number of fused-ring (bicyclic) bond motifs is 1. The number of pyridine rings is 2. The highest BCUT2D eigenvalue weighted by molar-refractivity contribution is 8.18. The van der Waals surface area contributed by atoms with Gasteiger partial charge in [0.2, 0.25) is 0 Å². The first-order valence-electron chi connectivity index (χ1n) is 7.66. The van der Waals surface area contributed by atoms with Gasteiger partial charge in [0.15, 0.2) is 5.17 Å². The number of thioether (sulfide) groups is 1. The van der Waals surface area contributed by atoms with Gasteiger partial charge < -0.3 is 5.32 Å². The molecule has 4 rings (SSSR count). The van der Waals surface area contributed by atoms with Gasteiger partial charge in [-0.25, -0.2) is 4.98 Å². The van der Waals surface area contributed by atoms with Gasteiger partial charge in [0.25, 0.3) is 5.91 Å². The summed E-state index contributed by atoms with van der Waals surface area (Å²) in [7, 11) is 0. The molecule has 0 aliphatic carbocycles. The lowest BCUT2D eigenvalue weighted by molar-refractivity contribution is -0.115. The van der Waals surface area contributed by atoms with E-state index < -0.39 is 0 Å². The van der Waals surface area contributed by atoms with E-state index in [1.165, 1.54) is 11.8 Å². The third-order valence-corrected chi connectivity index (χ3v) is 5.42. The predicted molar refractivity (Wildman–Crippen MR) is 103 cm³/mol. The average Bonchev–Trinajstić information content (AvgIpc) is 3.29. The Morgan fingerprint density at radius 3 is 3.04 bits per heavy atom. The van der Waals surface area contributed by atoms with E-state index in [9.17, 15) is 10.1 Å². The average molecular weight is 377 g/mol. The molecule has 0 spiro atoms. The van der Waals surface area contributed by atoms with Crippen molar-refractivity contribution >= 4 is 51.3 Å². The number of carbonyl (C=O) groups excluding carboxylic acids is 1. The standard InChI is InChI=1S/C18H11N5OS2/c19-9-11-7-15-13(4-1-5-20-15)22-14(11)8-16-17(24)23-18(26-16)21-10-12-3-2-6-25-12/h1-8H,10H2,(H,21,23,24). The van der Waals surface area contributed by atoms with Crippen LogP contribution in [0.4, 0.5) is 0 Å². The van der Waals surface area contributed by atoms with E-state index in [-0.39, 0.29) is 5.91 Å². The molecule has 0 bridgehead atoms. The molecule has 8 heteroatoms. The Hall–Kier alpha value is -3.02. The molecule has 6 nitrogen and oxygen atoms in total. The minimum absolute atomic E-state index is 0.239. The Labute approximate surface area is 157 Å². The van der Waals surface area contributed by atoms with Crippen molar-refractivity contribution in [3.05, 3.63) is 62.9 Å². The summed E-state index contributed by atoms with van der Waals surface area (Å²) in [5, 5.41) is 14.7. The van der Waals surface area contributed by atoms with Crippen molar-refractivity contribution in [1.82, 2.24) is 15.3 Å². The second-order valence-corrected chi connectivity index (χ2v) is 7.40. The summed E-state index contributed by atoms with van der Waals surface area (Å²) in [5.41, 5.74) is 2.15. The number of nitrogens with one attached hydrogen (secondary N) is 1. The molecule has 1 fully saturated rings. The predicted octanol–water partition coefficient (Wildman–Crippen LogP) is 3.32. The van der Waals surface area contributed by atoms with Gasteiger partial charge in [0.05, 0.1) is 33.7 Å². The van der Waals surface area contributed by atoms with Crippen LogP contribution in [0, 0.1) is 11.3 Å². The van der Waals surface area contributed by atoms with Gasteiger partial charge in [-0.15, -0.1) is 11.3 Å². The van der Waals surface area contributed by atoms with Crippen LogP contribution in [-0.4, -0.2) is 21.0 Å². The van der Waals surface area contributed by atoms with Crippen LogP contribution in [-0.2, 0) is 11.3 Å². The Balaban J connectivity index is 1.64. The number of aromatic nitrogens is 2. The molecule has 0 aromatic carbocycles. The Morgan fingerprint density at radius 2 is 2.23 bits per heavy atom. The molecule has 4 heterocycles. The molecule has 1 amide bonds. The summed E-state index contributed by atoms with van der Waals surface area (Å²) in [4.78, 5) is 26.9. The van der Waals surface area contributed by atoms with Gasteiger partial charge in [0, 0.05) is 11.1 Å². The van der Waals surface area contributed by atoms with E-state index in [0.717, 1.165) is 4.88 Å². The topological polar surface area (TPSA) is 91.0 Å². The zero-order valence-corrected chi connectivity index (χ0v) is 15.0. The van der Waals surface area contributed by atoms with Crippen molar-refractivity contribution in [3.8, 4) is 6.07 Å². The largest absolute Gasteiger partial charge is 0.301 e. The van der Waals surface area contributed by atoms with E-state index in [0.29, 0.717) is 38.9 Å². The maximum absolute atomic E-state index is 12.2. The molecule has 1 aliphatic rings. The van der Waals surface area contributed by atoms with Gasteiger partial charge in [-0.1, -0.05) is 6.07 Å². The Kier molecular flexibility index (Phi) is 4.48. The van der Waals surface area contributed by atoms with Crippen LogP contribution in [0.5, 0.6) is 0 Å². The first-order chi connectivity index (χ1) is 12.7. The van der Waals surface area contributed by atoms with Crippen molar-refractivity contribution in [1.29, 1.82) is 5.26 Å². The summed E-state index contributed by atoms with van der Waals surface area (Å²) >= 11 is 2.87. The highest BCUT2D eigenvalue weighted by Crippen LogP contribution is 2.27. The third-order valence-electron chi connectivity index (χ3n) is 3.61. The number of aliphatic imine (C=N–C) groups is 1. The van der Waals surface area contributed by atoms with Crippen LogP contribution in [0.15, 0.2) is 51.8 Å². The number of thiophene rings is 1. The van der Waals surface area contributed by atoms with Crippen molar-refractivity contribution in [2.24, 2.45) is 4.99 Å². The molecule has 26 heavy (non-hydrogen) atoms. The molecule has 3 aromatic heterocycles. The number of hydrogen-bond acceptors (Lipinski definition) is 7. The van der Waals surface area contributed by atoms with E-state index in [4.69, 9.17) is 0 Å². The lowest BCUT2D eigenvalue weighted by Gasteiger charge is -2.01. The lowest BCUT2D eigenvalue weighted by Crippen LogP contribution is -2.19.